The first kappa shape index (κ1) is 27.5. The summed E-state index contributed by atoms with van der Waals surface area (Å²) in [6.07, 6.45) is 0. The van der Waals surface area contributed by atoms with Gasteiger partial charge in [-0.1, -0.05) is 74.3 Å². The van der Waals surface area contributed by atoms with Crippen LogP contribution >= 0.6 is 34.8 Å². The molecular weight excluding hydrogens is 527 g/mol. The highest BCUT2D eigenvalue weighted by Crippen LogP contribution is 2.54. The minimum atomic E-state index is -0.999. The number of benzene rings is 3. The number of halogens is 3. The van der Waals surface area contributed by atoms with Crippen molar-refractivity contribution in [2.45, 2.75) is 58.0 Å². The molecule has 4 nitrogen and oxygen atoms in total. The molecule has 1 aliphatic rings. The average Bonchev–Trinajstić information content (AvgIpc) is 3.08. The minimum Gasteiger partial charge on any atom is -0.493 e. The third kappa shape index (κ3) is 4.76. The van der Waals surface area contributed by atoms with Gasteiger partial charge in [0.05, 0.1) is 12.2 Å². The molecule has 0 aromatic heterocycles. The van der Waals surface area contributed by atoms with Crippen LogP contribution in [0.1, 0.15) is 63.8 Å². The van der Waals surface area contributed by atoms with Crippen molar-refractivity contribution in [3.8, 4) is 5.75 Å². The Morgan fingerprint density at radius 3 is 1.95 bits per heavy atom. The Bertz CT molecular complexity index is 1350. The number of amides is 1. The molecule has 3 aromatic carbocycles. The van der Waals surface area contributed by atoms with Crippen LogP contribution in [-0.2, 0) is 16.5 Å². The van der Waals surface area contributed by atoms with E-state index >= 15 is 0 Å². The predicted molar refractivity (Wildman–Crippen MR) is 154 cm³/mol. The SMILES string of the molecule is CCOc1ccc(C(C)(C)C)cc1C1=NC(C)(c2ccc(Cl)cc2)C(C)(c2ccc(Cl)cc2)N1C(=O)Cl. The number of rotatable bonds is 5. The standard InChI is InChI=1S/C30H31Cl3N2O2/c1-7-37-25-17-12-21(28(2,3)4)18-24(25)26-34-29(5,19-8-13-22(31)14-9-19)30(6,35(26)27(33)36)20-10-15-23(32)16-11-20/h8-18H,7H2,1-6H3. The number of hydrogen-bond donors (Lipinski definition) is 0. The molecule has 1 amide bonds. The summed E-state index contributed by atoms with van der Waals surface area (Å²) < 4.78 is 6.03. The van der Waals surface area contributed by atoms with E-state index in [2.05, 4.69) is 20.8 Å². The van der Waals surface area contributed by atoms with Crippen LogP contribution in [0, 0.1) is 0 Å². The van der Waals surface area contributed by atoms with E-state index < -0.39 is 16.4 Å². The third-order valence-electron chi connectivity index (χ3n) is 7.31. The monoisotopic (exact) mass is 556 g/mol. The maximum Gasteiger partial charge on any atom is 0.322 e. The molecule has 2 atom stereocenters. The van der Waals surface area contributed by atoms with Crippen LogP contribution in [0.3, 0.4) is 0 Å². The quantitative estimate of drug-likeness (QED) is 0.232. The summed E-state index contributed by atoms with van der Waals surface area (Å²) in [7, 11) is 0. The largest absolute Gasteiger partial charge is 0.493 e. The summed E-state index contributed by atoms with van der Waals surface area (Å²) in [6.45, 7) is 12.8. The first-order valence-corrected chi connectivity index (χ1v) is 13.4. The second-order valence-electron chi connectivity index (χ2n) is 10.6. The fourth-order valence-corrected chi connectivity index (χ4v) is 5.50. The minimum absolute atomic E-state index is 0.132. The Balaban J connectivity index is 2.07. The van der Waals surface area contributed by atoms with Crippen molar-refractivity contribution in [3.05, 3.63) is 99.0 Å². The topological polar surface area (TPSA) is 41.9 Å². The van der Waals surface area contributed by atoms with Crippen LogP contribution in [0.25, 0.3) is 0 Å². The number of carbonyl (C=O) groups excluding carboxylic acids is 1. The Hall–Kier alpha value is -2.53. The number of hydrogen-bond acceptors (Lipinski definition) is 3. The highest BCUT2D eigenvalue weighted by atomic mass is 35.5. The fourth-order valence-electron chi connectivity index (χ4n) is 5.00. The van der Waals surface area contributed by atoms with Crippen LogP contribution < -0.4 is 4.74 Å². The van der Waals surface area contributed by atoms with Crippen molar-refractivity contribution in [1.82, 2.24) is 4.90 Å². The van der Waals surface area contributed by atoms with Crippen molar-refractivity contribution in [2.24, 2.45) is 4.99 Å². The summed E-state index contributed by atoms with van der Waals surface area (Å²) in [4.78, 5) is 20.2. The molecule has 0 bridgehead atoms. The fraction of sp³-hybridized carbons (Fsp3) is 0.333. The second kappa shape index (κ2) is 9.98. The molecule has 0 N–H and O–H groups in total. The molecule has 0 saturated carbocycles. The molecule has 0 fully saturated rings. The molecule has 0 spiro atoms. The smallest absolute Gasteiger partial charge is 0.322 e. The zero-order valence-electron chi connectivity index (χ0n) is 21.9. The highest BCUT2D eigenvalue weighted by Gasteiger charge is 2.59. The van der Waals surface area contributed by atoms with Crippen molar-refractivity contribution in [1.29, 1.82) is 0 Å². The van der Waals surface area contributed by atoms with Crippen LogP contribution in [0.5, 0.6) is 5.75 Å². The highest BCUT2D eigenvalue weighted by molar-refractivity contribution is 6.64. The lowest BCUT2D eigenvalue weighted by Gasteiger charge is -2.44. The molecule has 7 heteroatoms. The number of nitrogens with zero attached hydrogens (tertiary/aromatic N) is 2. The Kier molecular flexibility index (Phi) is 7.42. The zero-order valence-corrected chi connectivity index (χ0v) is 24.2. The van der Waals surface area contributed by atoms with Gasteiger partial charge in [0.2, 0.25) is 0 Å². The maximum atomic E-state index is 13.3. The lowest BCUT2D eigenvalue weighted by atomic mass is 9.71. The number of ether oxygens (including phenoxy) is 1. The molecule has 4 rings (SSSR count). The first-order valence-electron chi connectivity index (χ1n) is 12.2. The normalized spacial score (nSPS) is 21.6. The van der Waals surface area contributed by atoms with Crippen LogP contribution in [0.15, 0.2) is 71.7 Å². The molecule has 194 valence electrons. The Labute approximate surface area is 234 Å². The molecule has 2 unspecified atom stereocenters. The van der Waals surface area contributed by atoms with Gasteiger partial charge in [-0.15, -0.1) is 0 Å². The predicted octanol–water partition coefficient (Wildman–Crippen LogP) is 8.94. The summed E-state index contributed by atoms with van der Waals surface area (Å²) in [5, 5.41) is 0.571. The van der Waals surface area contributed by atoms with Gasteiger partial charge in [-0.25, -0.2) is 0 Å². The van der Waals surface area contributed by atoms with E-state index in [-0.39, 0.29) is 5.41 Å². The van der Waals surface area contributed by atoms with Crippen LogP contribution in [0.4, 0.5) is 4.79 Å². The van der Waals surface area contributed by atoms with Gasteiger partial charge in [-0.2, -0.15) is 0 Å². The van der Waals surface area contributed by atoms with Crippen molar-refractivity contribution >= 4 is 46.0 Å². The van der Waals surface area contributed by atoms with Gasteiger partial charge in [0.1, 0.15) is 22.7 Å². The van der Waals surface area contributed by atoms with E-state index in [1.54, 1.807) is 4.90 Å². The van der Waals surface area contributed by atoms with E-state index in [0.717, 1.165) is 16.7 Å². The van der Waals surface area contributed by atoms with Crippen molar-refractivity contribution in [2.75, 3.05) is 6.61 Å². The molecule has 3 aromatic rings. The number of amidine groups is 1. The van der Waals surface area contributed by atoms with Gasteiger partial charge >= 0.3 is 5.37 Å². The molecule has 37 heavy (non-hydrogen) atoms. The van der Waals surface area contributed by atoms with E-state index in [4.69, 9.17) is 44.5 Å². The van der Waals surface area contributed by atoms with Gasteiger partial charge in [-0.05, 0) is 90.9 Å². The van der Waals surface area contributed by atoms with Gasteiger partial charge in [0, 0.05) is 10.0 Å². The van der Waals surface area contributed by atoms with Crippen LogP contribution in [-0.4, -0.2) is 22.7 Å². The first-order chi connectivity index (χ1) is 17.3. The van der Waals surface area contributed by atoms with Gasteiger partial charge in [0.25, 0.3) is 0 Å². The Morgan fingerprint density at radius 2 is 1.46 bits per heavy atom. The molecule has 0 radical (unpaired) electrons. The summed E-state index contributed by atoms with van der Waals surface area (Å²) in [5.74, 6) is 1.08. The maximum absolute atomic E-state index is 13.3. The second-order valence-corrected chi connectivity index (χ2v) is 11.8. The average molecular weight is 558 g/mol. The third-order valence-corrected chi connectivity index (χ3v) is 7.98. The summed E-state index contributed by atoms with van der Waals surface area (Å²) in [6, 6.07) is 21.0. The molecule has 1 heterocycles. The lowest BCUT2D eigenvalue weighted by molar-refractivity contribution is 0.149. The van der Waals surface area contributed by atoms with E-state index in [0.29, 0.717) is 33.8 Å². The van der Waals surface area contributed by atoms with Gasteiger partial charge in [0.15, 0.2) is 0 Å². The summed E-state index contributed by atoms with van der Waals surface area (Å²) >= 11 is 18.9. The van der Waals surface area contributed by atoms with E-state index in [9.17, 15) is 4.79 Å². The summed E-state index contributed by atoms with van der Waals surface area (Å²) in [5.41, 5.74) is 1.47. The van der Waals surface area contributed by atoms with Crippen molar-refractivity contribution < 1.29 is 9.53 Å². The lowest BCUT2D eigenvalue weighted by Crippen LogP contribution is -2.53. The molecule has 1 aliphatic heterocycles. The van der Waals surface area contributed by atoms with Gasteiger partial charge < -0.3 is 4.74 Å². The van der Waals surface area contributed by atoms with Gasteiger partial charge in [-0.3, -0.25) is 14.7 Å². The Morgan fingerprint density at radius 1 is 0.919 bits per heavy atom. The number of carbonyl (C=O) groups is 1. The zero-order chi connectivity index (χ0) is 27.2. The molecule has 0 aliphatic carbocycles. The van der Waals surface area contributed by atoms with E-state index in [1.807, 2.05) is 87.5 Å². The van der Waals surface area contributed by atoms with Crippen molar-refractivity contribution in [3.63, 3.8) is 0 Å². The van der Waals surface area contributed by atoms with E-state index in [1.165, 1.54) is 0 Å². The van der Waals surface area contributed by atoms with Crippen LogP contribution in [0.2, 0.25) is 10.0 Å². The number of aliphatic imine (C=N–C) groups is 1. The molecular formula is C30H31Cl3N2O2. The molecule has 0 saturated heterocycles.